The molecule has 0 aliphatic carbocycles. The van der Waals surface area contributed by atoms with Crippen molar-refractivity contribution in [2.75, 3.05) is 73.0 Å². The summed E-state index contributed by atoms with van der Waals surface area (Å²) < 4.78 is 15.7. The fraction of sp³-hybridized carbons (Fsp3) is 1.00. The Morgan fingerprint density at radius 1 is 0.667 bits per heavy atom. The summed E-state index contributed by atoms with van der Waals surface area (Å²) in [5.74, 6) is 0. The fourth-order valence-electron chi connectivity index (χ4n) is 2.01. The molecule has 0 aliphatic rings. The lowest BCUT2D eigenvalue weighted by atomic mass is 10.2. The average molecular weight is 307 g/mol. The Morgan fingerprint density at radius 3 is 2.00 bits per heavy atom. The van der Waals surface area contributed by atoms with Crippen LogP contribution in [0.2, 0.25) is 0 Å². The summed E-state index contributed by atoms with van der Waals surface area (Å²) in [4.78, 5) is 2.37. The number of unbranched alkanes of at least 4 members (excludes halogenated alkanes) is 2. The van der Waals surface area contributed by atoms with Gasteiger partial charge in [-0.15, -0.1) is 0 Å². The number of methoxy groups -OCH3 is 1. The highest BCUT2D eigenvalue weighted by Gasteiger charge is 2.05. The average Bonchev–Trinajstić information content (AvgIpc) is 2.50. The first-order chi connectivity index (χ1) is 10.3. The van der Waals surface area contributed by atoms with Gasteiger partial charge in [-0.1, -0.05) is 0 Å². The molecule has 0 radical (unpaired) electrons. The SMILES string of the molecule is COCCCCCN(CCCOCCO)CCOCCO. The minimum Gasteiger partial charge on any atom is -0.394 e. The van der Waals surface area contributed by atoms with Crippen LogP contribution >= 0.6 is 0 Å². The number of aliphatic hydroxyl groups is 2. The molecule has 2 N–H and O–H groups in total. The van der Waals surface area contributed by atoms with Gasteiger partial charge in [-0.25, -0.2) is 0 Å². The molecule has 0 aliphatic heterocycles. The smallest absolute Gasteiger partial charge is 0.0698 e. The number of hydrogen-bond donors (Lipinski definition) is 2. The maximum atomic E-state index is 8.69. The second-order valence-electron chi connectivity index (χ2n) is 4.92. The lowest BCUT2D eigenvalue weighted by molar-refractivity contribution is 0.0637. The summed E-state index contributed by atoms with van der Waals surface area (Å²) in [6, 6.07) is 0. The van der Waals surface area contributed by atoms with Crippen molar-refractivity contribution < 1.29 is 24.4 Å². The van der Waals surface area contributed by atoms with E-state index in [1.165, 1.54) is 6.42 Å². The van der Waals surface area contributed by atoms with Gasteiger partial charge in [-0.05, 0) is 32.2 Å². The van der Waals surface area contributed by atoms with Crippen LogP contribution in [0.1, 0.15) is 25.7 Å². The lowest BCUT2D eigenvalue weighted by Gasteiger charge is -2.22. The molecule has 0 heterocycles. The van der Waals surface area contributed by atoms with E-state index in [4.69, 9.17) is 24.4 Å². The number of nitrogens with zero attached hydrogens (tertiary/aromatic N) is 1. The topological polar surface area (TPSA) is 71.4 Å². The zero-order valence-electron chi connectivity index (χ0n) is 13.5. The number of rotatable bonds is 17. The summed E-state index contributed by atoms with van der Waals surface area (Å²) in [6.45, 7) is 6.03. The normalized spacial score (nSPS) is 11.4. The molecule has 0 rings (SSSR count). The first kappa shape index (κ1) is 20.8. The van der Waals surface area contributed by atoms with Gasteiger partial charge in [0, 0.05) is 33.4 Å². The van der Waals surface area contributed by atoms with Gasteiger partial charge in [0.2, 0.25) is 0 Å². The maximum Gasteiger partial charge on any atom is 0.0698 e. The Balaban J connectivity index is 3.69. The van der Waals surface area contributed by atoms with Crippen LogP contribution in [0.3, 0.4) is 0 Å². The third kappa shape index (κ3) is 16.0. The van der Waals surface area contributed by atoms with Gasteiger partial charge in [0.05, 0.1) is 33.0 Å². The summed E-state index contributed by atoms with van der Waals surface area (Å²) in [6.07, 6.45) is 4.38. The summed E-state index contributed by atoms with van der Waals surface area (Å²) in [5.41, 5.74) is 0. The Labute approximate surface area is 129 Å². The van der Waals surface area contributed by atoms with Crippen molar-refractivity contribution >= 4 is 0 Å². The second kappa shape index (κ2) is 17.8. The molecule has 0 saturated carbocycles. The predicted molar refractivity (Wildman–Crippen MR) is 82.6 cm³/mol. The van der Waals surface area contributed by atoms with Crippen LogP contribution in [0.5, 0.6) is 0 Å². The van der Waals surface area contributed by atoms with Crippen LogP contribution in [0.25, 0.3) is 0 Å². The van der Waals surface area contributed by atoms with Crippen LogP contribution in [-0.4, -0.2) is 88.1 Å². The zero-order chi connectivity index (χ0) is 15.6. The third-order valence-electron chi connectivity index (χ3n) is 3.11. The predicted octanol–water partition coefficient (Wildman–Crippen LogP) is 0.513. The minimum absolute atomic E-state index is 0.0754. The van der Waals surface area contributed by atoms with Crippen LogP contribution < -0.4 is 0 Å². The molecule has 0 saturated heterocycles. The molecule has 21 heavy (non-hydrogen) atoms. The van der Waals surface area contributed by atoms with Crippen molar-refractivity contribution in [1.82, 2.24) is 4.90 Å². The summed E-state index contributed by atoms with van der Waals surface area (Å²) >= 11 is 0. The van der Waals surface area contributed by atoms with Crippen molar-refractivity contribution in [3.8, 4) is 0 Å². The second-order valence-corrected chi connectivity index (χ2v) is 4.92. The monoisotopic (exact) mass is 307 g/mol. The molecule has 0 aromatic heterocycles. The van der Waals surface area contributed by atoms with Crippen LogP contribution in [-0.2, 0) is 14.2 Å². The largest absolute Gasteiger partial charge is 0.394 e. The lowest BCUT2D eigenvalue weighted by Crippen LogP contribution is -2.31. The van der Waals surface area contributed by atoms with E-state index in [-0.39, 0.29) is 13.2 Å². The van der Waals surface area contributed by atoms with Crippen LogP contribution in [0, 0.1) is 0 Å². The van der Waals surface area contributed by atoms with E-state index in [0.717, 1.165) is 45.5 Å². The van der Waals surface area contributed by atoms with E-state index in [2.05, 4.69) is 4.90 Å². The molecule has 0 unspecified atom stereocenters. The summed E-state index contributed by atoms with van der Waals surface area (Å²) in [5, 5.41) is 17.3. The van der Waals surface area contributed by atoms with E-state index in [9.17, 15) is 0 Å². The highest BCUT2D eigenvalue weighted by atomic mass is 16.5. The van der Waals surface area contributed by atoms with Gasteiger partial charge in [-0.2, -0.15) is 0 Å². The molecule has 0 spiro atoms. The Hall–Kier alpha value is -0.240. The molecule has 0 aromatic rings. The third-order valence-corrected chi connectivity index (χ3v) is 3.11. The van der Waals surface area contributed by atoms with Gasteiger partial charge in [0.1, 0.15) is 0 Å². The number of hydrogen-bond acceptors (Lipinski definition) is 6. The quantitative estimate of drug-likeness (QED) is 0.382. The number of ether oxygens (including phenoxy) is 3. The Bertz CT molecular complexity index is 181. The molecule has 6 nitrogen and oxygen atoms in total. The molecule has 6 heteroatoms. The molecular formula is C15H33NO5. The van der Waals surface area contributed by atoms with Crippen molar-refractivity contribution in [1.29, 1.82) is 0 Å². The van der Waals surface area contributed by atoms with E-state index in [1.807, 2.05) is 0 Å². The van der Waals surface area contributed by atoms with Gasteiger partial charge in [0.25, 0.3) is 0 Å². The van der Waals surface area contributed by atoms with Crippen molar-refractivity contribution in [3.63, 3.8) is 0 Å². The molecule has 0 fully saturated rings. The van der Waals surface area contributed by atoms with Crippen molar-refractivity contribution in [2.24, 2.45) is 0 Å². The Morgan fingerprint density at radius 2 is 1.33 bits per heavy atom. The molecule has 128 valence electrons. The fourth-order valence-corrected chi connectivity index (χ4v) is 2.01. The van der Waals surface area contributed by atoms with E-state index < -0.39 is 0 Å². The number of aliphatic hydroxyl groups excluding tert-OH is 2. The van der Waals surface area contributed by atoms with E-state index in [1.54, 1.807) is 7.11 Å². The van der Waals surface area contributed by atoms with Gasteiger partial charge < -0.3 is 29.3 Å². The van der Waals surface area contributed by atoms with Crippen LogP contribution in [0.4, 0.5) is 0 Å². The highest BCUT2D eigenvalue weighted by molar-refractivity contribution is 4.58. The van der Waals surface area contributed by atoms with Crippen LogP contribution in [0.15, 0.2) is 0 Å². The van der Waals surface area contributed by atoms with E-state index in [0.29, 0.717) is 26.4 Å². The zero-order valence-corrected chi connectivity index (χ0v) is 13.5. The van der Waals surface area contributed by atoms with Gasteiger partial charge in [-0.3, -0.25) is 0 Å². The molecule has 0 bridgehead atoms. The molecule has 0 atom stereocenters. The molecule has 0 aromatic carbocycles. The highest BCUT2D eigenvalue weighted by Crippen LogP contribution is 2.01. The maximum absolute atomic E-state index is 8.69. The van der Waals surface area contributed by atoms with Gasteiger partial charge >= 0.3 is 0 Å². The first-order valence-corrected chi connectivity index (χ1v) is 7.93. The van der Waals surface area contributed by atoms with E-state index >= 15 is 0 Å². The first-order valence-electron chi connectivity index (χ1n) is 7.93. The molecule has 0 amide bonds. The van der Waals surface area contributed by atoms with Crippen molar-refractivity contribution in [3.05, 3.63) is 0 Å². The molecular weight excluding hydrogens is 274 g/mol. The summed E-state index contributed by atoms with van der Waals surface area (Å²) in [7, 11) is 1.73. The van der Waals surface area contributed by atoms with Gasteiger partial charge in [0.15, 0.2) is 0 Å². The van der Waals surface area contributed by atoms with Crippen molar-refractivity contribution in [2.45, 2.75) is 25.7 Å². The standard InChI is InChI=1S/C15H33NO5/c1-19-11-4-2-3-6-16(8-13-21-15-10-18)7-5-12-20-14-9-17/h17-18H,2-15H2,1H3. The minimum atomic E-state index is 0.0754. The Kier molecular flexibility index (Phi) is 17.6.